The van der Waals surface area contributed by atoms with Crippen LogP contribution >= 0.6 is 0 Å². The van der Waals surface area contributed by atoms with E-state index in [9.17, 15) is 10.1 Å². The third-order valence-electron chi connectivity index (χ3n) is 3.45. The van der Waals surface area contributed by atoms with E-state index in [4.69, 9.17) is 9.84 Å². The number of hydrogen-bond donors (Lipinski definition) is 1. The number of nitro groups is 1. The fraction of sp³-hybridized carbons (Fsp3) is 0.571. The Balaban J connectivity index is 1.97. The third kappa shape index (κ3) is 3.91. The molecule has 6 heteroatoms. The van der Waals surface area contributed by atoms with Crippen molar-refractivity contribution in [3.8, 4) is 0 Å². The SMILES string of the molecule is CN(CCOCC1CC1)c1cc(CO)ccc1[N+](=O)[O-]. The van der Waals surface area contributed by atoms with E-state index in [0.717, 1.165) is 6.61 Å². The van der Waals surface area contributed by atoms with Gasteiger partial charge in [0.15, 0.2) is 0 Å². The zero-order chi connectivity index (χ0) is 14.5. The summed E-state index contributed by atoms with van der Waals surface area (Å²) in [5.74, 6) is 0.715. The maximum atomic E-state index is 11.0. The molecule has 1 aliphatic carbocycles. The van der Waals surface area contributed by atoms with Crippen LogP contribution in [0.15, 0.2) is 18.2 Å². The van der Waals surface area contributed by atoms with Gasteiger partial charge in [0.1, 0.15) is 5.69 Å². The molecular formula is C14H20N2O4. The van der Waals surface area contributed by atoms with E-state index in [2.05, 4.69) is 0 Å². The van der Waals surface area contributed by atoms with E-state index in [1.165, 1.54) is 18.9 Å². The van der Waals surface area contributed by atoms with Crippen molar-refractivity contribution in [2.24, 2.45) is 5.92 Å². The average Bonchev–Trinajstić information content (AvgIpc) is 3.26. The number of nitrogens with zero attached hydrogens (tertiary/aromatic N) is 2. The number of aliphatic hydroxyl groups is 1. The van der Waals surface area contributed by atoms with Crippen LogP contribution in [0.1, 0.15) is 18.4 Å². The zero-order valence-electron chi connectivity index (χ0n) is 11.6. The summed E-state index contributed by atoms with van der Waals surface area (Å²) in [4.78, 5) is 12.4. The highest BCUT2D eigenvalue weighted by Crippen LogP contribution is 2.30. The first-order chi connectivity index (χ1) is 9.61. The van der Waals surface area contributed by atoms with Gasteiger partial charge in [0.05, 0.1) is 18.1 Å². The second-order valence-corrected chi connectivity index (χ2v) is 5.18. The smallest absolute Gasteiger partial charge is 0.292 e. The molecule has 0 radical (unpaired) electrons. The number of aliphatic hydroxyl groups excluding tert-OH is 1. The molecular weight excluding hydrogens is 260 g/mol. The standard InChI is InChI=1S/C14H20N2O4/c1-15(6-7-20-10-11-2-3-11)14-8-12(9-17)4-5-13(14)16(18)19/h4-5,8,11,17H,2-3,6-7,9-10H2,1H3. The van der Waals surface area contributed by atoms with Crippen LogP contribution in [0.2, 0.25) is 0 Å². The van der Waals surface area contributed by atoms with E-state index in [1.54, 1.807) is 24.1 Å². The van der Waals surface area contributed by atoms with Crippen molar-refractivity contribution in [3.05, 3.63) is 33.9 Å². The van der Waals surface area contributed by atoms with Crippen LogP contribution in [-0.4, -0.2) is 36.8 Å². The molecule has 0 saturated heterocycles. The molecule has 0 amide bonds. The molecule has 110 valence electrons. The van der Waals surface area contributed by atoms with Gasteiger partial charge < -0.3 is 14.7 Å². The molecule has 1 saturated carbocycles. The molecule has 2 rings (SSSR count). The second-order valence-electron chi connectivity index (χ2n) is 5.18. The molecule has 0 spiro atoms. The maximum absolute atomic E-state index is 11.0. The van der Waals surface area contributed by atoms with Crippen LogP contribution in [-0.2, 0) is 11.3 Å². The van der Waals surface area contributed by atoms with Crippen LogP contribution in [0.5, 0.6) is 0 Å². The van der Waals surface area contributed by atoms with Crippen LogP contribution < -0.4 is 4.90 Å². The lowest BCUT2D eigenvalue weighted by molar-refractivity contribution is -0.384. The average molecular weight is 280 g/mol. The van der Waals surface area contributed by atoms with E-state index in [1.807, 2.05) is 0 Å². The monoisotopic (exact) mass is 280 g/mol. The fourth-order valence-corrected chi connectivity index (χ4v) is 1.98. The largest absolute Gasteiger partial charge is 0.392 e. The Hall–Kier alpha value is -1.66. The molecule has 1 fully saturated rings. The maximum Gasteiger partial charge on any atom is 0.292 e. The van der Waals surface area contributed by atoms with Gasteiger partial charge in [-0.05, 0) is 36.5 Å². The molecule has 0 atom stereocenters. The van der Waals surface area contributed by atoms with Crippen molar-refractivity contribution >= 4 is 11.4 Å². The third-order valence-corrected chi connectivity index (χ3v) is 3.45. The molecule has 0 heterocycles. The first-order valence-electron chi connectivity index (χ1n) is 6.79. The van der Waals surface area contributed by atoms with Gasteiger partial charge >= 0.3 is 0 Å². The van der Waals surface area contributed by atoms with Crippen molar-refractivity contribution < 1.29 is 14.8 Å². The Morgan fingerprint density at radius 1 is 1.50 bits per heavy atom. The number of benzene rings is 1. The second kappa shape index (κ2) is 6.67. The summed E-state index contributed by atoms with van der Waals surface area (Å²) in [6.07, 6.45) is 2.50. The van der Waals surface area contributed by atoms with Crippen LogP contribution in [0.3, 0.4) is 0 Å². The minimum Gasteiger partial charge on any atom is -0.392 e. The number of nitro benzene ring substituents is 1. The first kappa shape index (κ1) is 14.7. The van der Waals surface area contributed by atoms with Gasteiger partial charge in [0.25, 0.3) is 5.69 Å². The van der Waals surface area contributed by atoms with Gasteiger partial charge in [0.2, 0.25) is 0 Å². The Bertz CT molecular complexity index is 474. The summed E-state index contributed by atoms with van der Waals surface area (Å²) in [6.45, 7) is 1.79. The van der Waals surface area contributed by atoms with Crippen molar-refractivity contribution in [1.82, 2.24) is 0 Å². The predicted molar refractivity (Wildman–Crippen MR) is 75.8 cm³/mol. The lowest BCUT2D eigenvalue weighted by Gasteiger charge is -2.19. The van der Waals surface area contributed by atoms with Crippen molar-refractivity contribution in [2.45, 2.75) is 19.4 Å². The summed E-state index contributed by atoms with van der Waals surface area (Å²) in [5, 5.41) is 20.2. The van der Waals surface area contributed by atoms with E-state index in [-0.39, 0.29) is 12.3 Å². The van der Waals surface area contributed by atoms with Gasteiger partial charge in [-0.15, -0.1) is 0 Å². The van der Waals surface area contributed by atoms with Gasteiger partial charge in [-0.1, -0.05) is 0 Å². The highest BCUT2D eigenvalue weighted by molar-refractivity contribution is 5.64. The Labute approximate surface area is 118 Å². The minimum absolute atomic E-state index is 0.0480. The lowest BCUT2D eigenvalue weighted by atomic mass is 10.1. The normalized spacial score (nSPS) is 14.3. The lowest BCUT2D eigenvalue weighted by Crippen LogP contribution is -2.24. The molecule has 1 aliphatic rings. The van der Waals surface area contributed by atoms with Crippen molar-refractivity contribution in [1.29, 1.82) is 0 Å². The predicted octanol–water partition coefficient (Wildman–Crippen LogP) is 1.95. The number of rotatable bonds is 8. The molecule has 0 unspecified atom stereocenters. The van der Waals surface area contributed by atoms with E-state index in [0.29, 0.717) is 30.3 Å². The van der Waals surface area contributed by atoms with Gasteiger partial charge in [-0.25, -0.2) is 0 Å². The van der Waals surface area contributed by atoms with Gasteiger partial charge in [-0.2, -0.15) is 0 Å². The van der Waals surface area contributed by atoms with E-state index < -0.39 is 4.92 Å². The van der Waals surface area contributed by atoms with Gasteiger partial charge in [-0.3, -0.25) is 10.1 Å². The van der Waals surface area contributed by atoms with E-state index >= 15 is 0 Å². The molecule has 0 aliphatic heterocycles. The molecule has 1 aromatic rings. The molecule has 1 aromatic carbocycles. The quantitative estimate of drug-likeness (QED) is 0.447. The zero-order valence-corrected chi connectivity index (χ0v) is 11.6. The Morgan fingerprint density at radius 2 is 2.25 bits per heavy atom. The summed E-state index contributed by atoms with van der Waals surface area (Å²) >= 11 is 0. The van der Waals surface area contributed by atoms with Crippen LogP contribution in [0, 0.1) is 16.0 Å². The number of ether oxygens (including phenoxy) is 1. The summed E-state index contributed by atoms with van der Waals surface area (Å²) in [6, 6.07) is 4.65. The Morgan fingerprint density at radius 3 is 2.85 bits per heavy atom. The molecule has 0 bridgehead atoms. The molecule has 20 heavy (non-hydrogen) atoms. The summed E-state index contributed by atoms with van der Waals surface area (Å²) in [5.41, 5.74) is 1.22. The van der Waals surface area contributed by atoms with Crippen molar-refractivity contribution in [3.63, 3.8) is 0 Å². The highest BCUT2D eigenvalue weighted by atomic mass is 16.6. The first-order valence-corrected chi connectivity index (χ1v) is 6.79. The topological polar surface area (TPSA) is 75.8 Å². The molecule has 0 aromatic heterocycles. The summed E-state index contributed by atoms with van der Waals surface area (Å²) in [7, 11) is 1.80. The minimum atomic E-state index is -0.405. The summed E-state index contributed by atoms with van der Waals surface area (Å²) < 4.78 is 5.55. The van der Waals surface area contributed by atoms with Gasteiger partial charge in [0, 0.05) is 26.3 Å². The fourth-order valence-electron chi connectivity index (χ4n) is 1.98. The Kier molecular flexibility index (Phi) is 4.92. The molecule has 6 nitrogen and oxygen atoms in total. The molecule has 1 N–H and O–H groups in total. The number of anilines is 1. The number of likely N-dealkylation sites (N-methyl/N-ethyl adjacent to an activating group) is 1. The highest BCUT2D eigenvalue weighted by Gasteiger charge is 2.21. The van der Waals surface area contributed by atoms with Crippen molar-refractivity contribution in [2.75, 3.05) is 31.7 Å². The van der Waals surface area contributed by atoms with Crippen LogP contribution in [0.4, 0.5) is 11.4 Å². The van der Waals surface area contributed by atoms with Crippen LogP contribution in [0.25, 0.3) is 0 Å². The number of hydrogen-bond acceptors (Lipinski definition) is 5.